The summed E-state index contributed by atoms with van der Waals surface area (Å²) in [6.07, 6.45) is 2.97. The summed E-state index contributed by atoms with van der Waals surface area (Å²) in [6.45, 7) is 1.38. The predicted octanol–water partition coefficient (Wildman–Crippen LogP) is 0.240. The third-order valence-corrected chi connectivity index (χ3v) is 3.96. The number of rotatable bonds is 6. The summed E-state index contributed by atoms with van der Waals surface area (Å²) < 4.78 is 1.04. The number of carbonyl (C=O) groups excluding carboxylic acids is 1. The molecule has 0 radical (unpaired) electrons. The first kappa shape index (κ1) is 17.3. The van der Waals surface area contributed by atoms with Crippen molar-refractivity contribution in [2.45, 2.75) is 25.9 Å². The van der Waals surface area contributed by atoms with Gasteiger partial charge in [0.15, 0.2) is 0 Å². The van der Waals surface area contributed by atoms with Crippen molar-refractivity contribution in [3.63, 3.8) is 0 Å². The fourth-order valence-electron chi connectivity index (χ4n) is 2.70. The number of aliphatic carboxylic acids is 1. The zero-order valence-corrected chi connectivity index (χ0v) is 14.0. The van der Waals surface area contributed by atoms with Crippen molar-refractivity contribution in [1.82, 2.24) is 25.1 Å². The molecule has 1 amide bonds. The van der Waals surface area contributed by atoms with Crippen molar-refractivity contribution < 1.29 is 14.7 Å². The Hall–Kier alpha value is -3.49. The van der Waals surface area contributed by atoms with Crippen LogP contribution >= 0.6 is 0 Å². The molecule has 3 N–H and O–H groups in total. The van der Waals surface area contributed by atoms with Crippen molar-refractivity contribution in [3.8, 4) is 0 Å². The number of hydrogen-bond acceptors (Lipinski definition) is 5. The minimum Gasteiger partial charge on any atom is -0.480 e. The number of fused-ring (bicyclic) bond motifs is 1. The van der Waals surface area contributed by atoms with Crippen LogP contribution in [0, 0.1) is 6.92 Å². The molecule has 0 aliphatic carbocycles. The molecule has 0 spiro atoms. The molecule has 1 atom stereocenters. The molecule has 134 valence electrons. The van der Waals surface area contributed by atoms with Gasteiger partial charge in [0.05, 0.1) is 17.4 Å². The summed E-state index contributed by atoms with van der Waals surface area (Å²) in [6, 6.07) is 5.85. The number of aromatic amines is 1. The standard InChI is InChI=1S/C17H17N5O4/c1-10-12-4-2-3-5-13(12)16(24)22(21-10)8-15(23)20-14(17(25)26)6-11-7-18-9-19-11/h2-5,7,9,14H,6,8H2,1H3,(H,18,19)(H,20,23)(H,25,26)/t14-/m1/s1. The first-order valence-electron chi connectivity index (χ1n) is 7.91. The summed E-state index contributed by atoms with van der Waals surface area (Å²) in [5.74, 6) is -1.79. The van der Waals surface area contributed by atoms with Gasteiger partial charge < -0.3 is 15.4 Å². The Morgan fingerprint density at radius 3 is 2.69 bits per heavy atom. The number of hydrogen-bond donors (Lipinski definition) is 3. The molecule has 26 heavy (non-hydrogen) atoms. The van der Waals surface area contributed by atoms with Crippen LogP contribution in [0.1, 0.15) is 11.4 Å². The van der Waals surface area contributed by atoms with Gasteiger partial charge in [-0.1, -0.05) is 18.2 Å². The number of H-pyrrole nitrogens is 1. The highest BCUT2D eigenvalue weighted by molar-refractivity contribution is 5.85. The molecule has 0 unspecified atom stereocenters. The normalized spacial score (nSPS) is 12.0. The Kier molecular flexibility index (Phi) is 4.78. The number of aryl methyl sites for hydroxylation is 1. The molecule has 2 aromatic heterocycles. The highest BCUT2D eigenvalue weighted by Gasteiger charge is 2.22. The predicted molar refractivity (Wildman–Crippen MR) is 92.6 cm³/mol. The van der Waals surface area contributed by atoms with E-state index in [0.717, 1.165) is 10.1 Å². The van der Waals surface area contributed by atoms with Crippen LogP contribution in [0.15, 0.2) is 41.6 Å². The third kappa shape index (κ3) is 3.61. The molecule has 0 bridgehead atoms. The molecule has 0 saturated carbocycles. The average Bonchev–Trinajstić information content (AvgIpc) is 3.12. The number of carbonyl (C=O) groups is 2. The van der Waals surface area contributed by atoms with E-state index < -0.39 is 23.5 Å². The molecule has 9 nitrogen and oxygen atoms in total. The average molecular weight is 355 g/mol. The molecule has 3 rings (SSSR count). The van der Waals surface area contributed by atoms with Gasteiger partial charge in [0.25, 0.3) is 5.56 Å². The minimum absolute atomic E-state index is 0.0557. The second-order valence-corrected chi connectivity index (χ2v) is 5.83. The lowest BCUT2D eigenvalue weighted by Gasteiger charge is -2.14. The fourth-order valence-corrected chi connectivity index (χ4v) is 2.70. The second-order valence-electron chi connectivity index (χ2n) is 5.83. The van der Waals surface area contributed by atoms with Crippen LogP contribution in [0.2, 0.25) is 0 Å². The summed E-state index contributed by atoms with van der Waals surface area (Å²) in [5.41, 5.74) is 0.788. The molecule has 1 aromatic carbocycles. The van der Waals surface area contributed by atoms with E-state index in [0.29, 0.717) is 16.8 Å². The zero-order chi connectivity index (χ0) is 18.7. The van der Waals surface area contributed by atoms with Crippen molar-refractivity contribution in [2.75, 3.05) is 0 Å². The number of aromatic nitrogens is 4. The molecule has 9 heteroatoms. The Morgan fingerprint density at radius 2 is 2.04 bits per heavy atom. The highest BCUT2D eigenvalue weighted by Crippen LogP contribution is 2.11. The number of carboxylic acid groups (broad SMARTS) is 1. The lowest BCUT2D eigenvalue weighted by molar-refractivity contribution is -0.141. The topological polar surface area (TPSA) is 130 Å². The van der Waals surface area contributed by atoms with Gasteiger partial charge in [-0.2, -0.15) is 5.10 Å². The lowest BCUT2D eigenvalue weighted by atomic mass is 10.1. The van der Waals surface area contributed by atoms with Gasteiger partial charge in [-0.15, -0.1) is 0 Å². The summed E-state index contributed by atoms with van der Waals surface area (Å²) in [5, 5.41) is 17.0. The number of amides is 1. The summed E-state index contributed by atoms with van der Waals surface area (Å²) >= 11 is 0. The monoisotopic (exact) mass is 355 g/mol. The molecular formula is C17H17N5O4. The summed E-state index contributed by atoms with van der Waals surface area (Å²) in [7, 11) is 0. The Labute approximate surface area is 147 Å². The largest absolute Gasteiger partial charge is 0.480 e. The molecule has 0 aliphatic heterocycles. The van der Waals surface area contributed by atoms with E-state index in [9.17, 15) is 19.5 Å². The number of benzene rings is 1. The van der Waals surface area contributed by atoms with E-state index >= 15 is 0 Å². The molecule has 0 fully saturated rings. The smallest absolute Gasteiger partial charge is 0.326 e. The first-order valence-corrected chi connectivity index (χ1v) is 7.91. The maximum Gasteiger partial charge on any atom is 0.326 e. The van der Waals surface area contributed by atoms with E-state index in [1.165, 1.54) is 12.5 Å². The number of nitrogens with one attached hydrogen (secondary N) is 2. The van der Waals surface area contributed by atoms with Gasteiger partial charge in [0.1, 0.15) is 12.6 Å². The zero-order valence-electron chi connectivity index (χ0n) is 14.0. The number of nitrogens with zero attached hydrogens (tertiary/aromatic N) is 3. The van der Waals surface area contributed by atoms with Gasteiger partial charge in [0, 0.05) is 23.7 Å². The number of carboxylic acids is 1. The Balaban J connectivity index is 1.79. The second kappa shape index (κ2) is 7.18. The maximum absolute atomic E-state index is 12.5. The molecular weight excluding hydrogens is 338 g/mol. The first-order chi connectivity index (χ1) is 12.5. The highest BCUT2D eigenvalue weighted by atomic mass is 16.4. The van der Waals surface area contributed by atoms with E-state index in [1.54, 1.807) is 31.2 Å². The fraction of sp³-hybridized carbons (Fsp3) is 0.235. The van der Waals surface area contributed by atoms with Gasteiger partial charge in [-0.25, -0.2) is 14.5 Å². The van der Waals surface area contributed by atoms with Crippen LogP contribution < -0.4 is 10.9 Å². The molecule has 3 aromatic rings. The Bertz CT molecular complexity index is 1010. The van der Waals surface area contributed by atoms with Crippen LogP contribution in [0.3, 0.4) is 0 Å². The molecule has 0 aliphatic rings. The van der Waals surface area contributed by atoms with Crippen molar-refractivity contribution in [3.05, 3.63) is 58.5 Å². The molecule has 0 saturated heterocycles. The van der Waals surface area contributed by atoms with Gasteiger partial charge in [-0.3, -0.25) is 9.59 Å². The third-order valence-electron chi connectivity index (χ3n) is 3.96. The lowest BCUT2D eigenvalue weighted by Crippen LogP contribution is -2.45. The van der Waals surface area contributed by atoms with Crippen LogP contribution in [-0.2, 0) is 22.6 Å². The van der Waals surface area contributed by atoms with Crippen LogP contribution in [0.5, 0.6) is 0 Å². The van der Waals surface area contributed by atoms with E-state index in [4.69, 9.17) is 0 Å². The summed E-state index contributed by atoms with van der Waals surface area (Å²) in [4.78, 5) is 42.7. The van der Waals surface area contributed by atoms with E-state index in [-0.39, 0.29) is 13.0 Å². The van der Waals surface area contributed by atoms with Crippen LogP contribution in [0.25, 0.3) is 10.8 Å². The van der Waals surface area contributed by atoms with E-state index in [1.807, 2.05) is 0 Å². The van der Waals surface area contributed by atoms with Crippen molar-refractivity contribution in [1.29, 1.82) is 0 Å². The number of imidazole rings is 1. The van der Waals surface area contributed by atoms with Crippen molar-refractivity contribution in [2.24, 2.45) is 0 Å². The minimum atomic E-state index is -1.18. The SMILES string of the molecule is Cc1nn(CC(=O)N[C@H](Cc2cnc[nH]2)C(=O)O)c(=O)c2ccccc12. The van der Waals surface area contributed by atoms with Gasteiger partial charge in [0.2, 0.25) is 5.91 Å². The quantitative estimate of drug-likeness (QED) is 0.581. The van der Waals surface area contributed by atoms with Crippen LogP contribution in [-0.4, -0.2) is 42.8 Å². The van der Waals surface area contributed by atoms with E-state index in [2.05, 4.69) is 20.4 Å². The maximum atomic E-state index is 12.5. The van der Waals surface area contributed by atoms with Gasteiger partial charge >= 0.3 is 5.97 Å². The van der Waals surface area contributed by atoms with Crippen molar-refractivity contribution >= 4 is 22.6 Å². The Morgan fingerprint density at radius 1 is 1.31 bits per heavy atom. The van der Waals surface area contributed by atoms with Crippen LogP contribution in [0.4, 0.5) is 0 Å². The van der Waals surface area contributed by atoms with Gasteiger partial charge in [-0.05, 0) is 13.0 Å². The molecule has 2 heterocycles.